The van der Waals surface area contributed by atoms with Crippen molar-refractivity contribution in [3.8, 4) is 0 Å². The van der Waals surface area contributed by atoms with Gasteiger partial charge in [-0.2, -0.15) is 5.10 Å². The molecule has 2 amide bonds. The fourth-order valence-corrected chi connectivity index (χ4v) is 1.60. The highest BCUT2D eigenvalue weighted by molar-refractivity contribution is 6.02. The molecular weight excluding hydrogens is 276 g/mol. The summed E-state index contributed by atoms with van der Waals surface area (Å²) in [5, 5.41) is 11.6. The number of H-pyrrole nitrogens is 1. The van der Waals surface area contributed by atoms with Gasteiger partial charge in [-0.25, -0.2) is 0 Å². The summed E-state index contributed by atoms with van der Waals surface area (Å²) in [6.07, 6.45) is 2.96. The van der Waals surface area contributed by atoms with E-state index in [4.69, 9.17) is 9.15 Å². The Labute approximate surface area is 120 Å². The van der Waals surface area contributed by atoms with Crippen molar-refractivity contribution in [1.29, 1.82) is 0 Å². The van der Waals surface area contributed by atoms with Gasteiger partial charge in [-0.05, 0) is 19.1 Å². The number of aromatic nitrogens is 2. The Bertz CT molecular complexity index is 591. The van der Waals surface area contributed by atoms with E-state index in [1.54, 1.807) is 19.1 Å². The minimum absolute atomic E-state index is 0.0743. The van der Waals surface area contributed by atoms with Gasteiger partial charge in [0.15, 0.2) is 5.69 Å². The van der Waals surface area contributed by atoms with Crippen molar-refractivity contribution in [1.82, 2.24) is 15.5 Å². The van der Waals surface area contributed by atoms with Gasteiger partial charge in [-0.15, -0.1) is 0 Å². The fourth-order valence-electron chi connectivity index (χ4n) is 1.60. The standard InChI is InChI=1S/C13H16N4O4/c1-2-20-8-11(18)16-10-7-15-17-12(10)13(19)14-6-9-4-3-5-21-9/h3-5,7H,2,6,8H2,1H3,(H,14,19)(H,15,17)(H,16,18). The molecule has 2 aromatic heterocycles. The number of furan rings is 1. The number of hydrogen-bond donors (Lipinski definition) is 3. The zero-order valence-corrected chi connectivity index (χ0v) is 11.5. The number of carbonyl (C=O) groups excluding carboxylic acids is 2. The molecule has 3 N–H and O–H groups in total. The van der Waals surface area contributed by atoms with Gasteiger partial charge in [-0.1, -0.05) is 0 Å². The molecule has 0 aliphatic carbocycles. The first kappa shape index (κ1) is 14.8. The molecule has 8 heteroatoms. The second kappa shape index (κ2) is 7.25. The maximum absolute atomic E-state index is 12.0. The van der Waals surface area contributed by atoms with Crippen LogP contribution in [0.25, 0.3) is 0 Å². The van der Waals surface area contributed by atoms with E-state index in [1.807, 2.05) is 0 Å². The number of amides is 2. The highest BCUT2D eigenvalue weighted by Gasteiger charge is 2.16. The van der Waals surface area contributed by atoms with Gasteiger partial charge < -0.3 is 19.8 Å². The number of anilines is 1. The third-order valence-electron chi connectivity index (χ3n) is 2.57. The maximum Gasteiger partial charge on any atom is 0.274 e. The first-order chi connectivity index (χ1) is 10.2. The summed E-state index contributed by atoms with van der Waals surface area (Å²) in [5.74, 6) is -0.140. The molecule has 0 aliphatic rings. The van der Waals surface area contributed by atoms with E-state index in [0.717, 1.165) is 0 Å². The topological polar surface area (TPSA) is 109 Å². The fraction of sp³-hybridized carbons (Fsp3) is 0.308. The zero-order chi connectivity index (χ0) is 15.1. The summed E-state index contributed by atoms with van der Waals surface area (Å²) in [5.41, 5.74) is 0.406. The van der Waals surface area contributed by atoms with Crippen LogP contribution in [0.4, 0.5) is 5.69 Å². The first-order valence-electron chi connectivity index (χ1n) is 6.42. The predicted molar refractivity (Wildman–Crippen MR) is 73.6 cm³/mol. The first-order valence-corrected chi connectivity index (χ1v) is 6.42. The monoisotopic (exact) mass is 292 g/mol. The summed E-state index contributed by atoms with van der Waals surface area (Å²) >= 11 is 0. The van der Waals surface area contributed by atoms with Crippen molar-refractivity contribution < 1.29 is 18.7 Å². The van der Waals surface area contributed by atoms with Gasteiger partial charge in [0.25, 0.3) is 5.91 Å². The SMILES string of the molecule is CCOCC(=O)Nc1c[nH]nc1C(=O)NCc1ccco1. The molecule has 0 unspecified atom stereocenters. The quantitative estimate of drug-likeness (QED) is 0.702. The Morgan fingerprint density at radius 1 is 1.48 bits per heavy atom. The van der Waals surface area contributed by atoms with Gasteiger partial charge in [0, 0.05) is 12.8 Å². The number of nitrogens with one attached hydrogen (secondary N) is 3. The largest absolute Gasteiger partial charge is 0.467 e. The molecule has 0 bridgehead atoms. The summed E-state index contributed by atoms with van der Waals surface area (Å²) < 4.78 is 10.1. The van der Waals surface area contributed by atoms with E-state index in [1.165, 1.54) is 12.5 Å². The Morgan fingerprint density at radius 2 is 2.33 bits per heavy atom. The Morgan fingerprint density at radius 3 is 3.05 bits per heavy atom. The summed E-state index contributed by atoms with van der Waals surface area (Å²) in [7, 11) is 0. The zero-order valence-electron chi connectivity index (χ0n) is 11.5. The van der Waals surface area contributed by atoms with Crippen molar-refractivity contribution in [2.45, 2.75) is 13.5 Å². The van der Waals surface area contributed by atoms with Crippen LogP contribution in [0.3, 0.4) is 0 Å². The average molecular weight is 292 g/mol. The van der Waals surface area contributed by atoms with Gasteiger partial charge in [0.2, 0.25) is 5.91 Å². The predicted octanol–water partition coefficient (Wildman–Crippen LogP) is 0.908. The highest BCUT2D eigenvalue weighted by Crippen LogP contribution is 2.11. The van der Waals surface area contributed by atoms with Crippen LogP contribution in [0, 0.1) is 0 Å². The number of aromatic amines is 1. The second-order valence-corrected chi connectivity index (χ2v) is 4.09. The molecule has 2 rings (SSSR count). The normalized spacial score (nSPS) is 10.3. The summed E-state index contributed by atoms with van der Waals surface area (Å²) in [4.78, 5) is 23.6. The van der Waals surface area contributed by atoms with E-state index >= 15 is 0 Å². The molecule has 0 spiro atoms. The summed E-state index contributed by atoms with van der Waals surface area (Å²) in [6.45, 7) is 2.40. The molecule has 8 nitrogen and oxygen atoms in total. The van der Waals surface area contributed by atoms with Crippen molar-refractivity contribution in [2.24, 2.45) is 0 Å². The third kappa shape index (κ3) is 4.18. The Hall–Kier alpha value is -2.61. The molecule has 0 aromatic carbocycles. The lowest BCUT2D eigenvalue weighted by Gasteiger charge is -2.05. The van der Waals surface area contributed by atoms with Crippen molar-refractivity contribution in [3.05, 3.63) is 36.0 Å². The molecule has 2 heterocycles. The van der Waals surface area contributed by atoms with Crippen molar-refractivity contribution in [2.75, 3.05) is 18.5 Å². The molecule has 2 aromatic rings. The van der Waals surface area contributed by atoms with E-state index in [-0.39, 0.29) is 24.8 Å². The molecule has 0 aliphatic heterocycles. The molecule has 112 valence electrons. The van der Waals surface area contributed by atoms with Crippen LogP contribution in [-0.2, 0) is 16.1 Å². The van der Waals surface area contributed by atoms with Gasteiger partial charge in [-0.3, -0.25) is 14.7 Å². The number of rotatable bonds is 7. The number of ether oxygens (including phenoxy) is 1. The van der Waals surface area contributed by atoms with E-state index in [0.29, 0.717) is 18.1 Å². The molecule has 0 fully saturated rings. The maximum atomic E-state index is 12.0. The lowest BCUT2D eigenvalue weighted by molar-refractivity contribution is -0.120. The van der Waals surface area contributed by atoms with Crippen molar-refractivity contribution >= 4 is 17.5 Å². The van der Waals surface area contributed by atoms with Crippen molar-refractivity contribution in [3.63, 3.8) is 0 Å². The number of hydrogen-bond acceptors (Lipinski definition) is 5. The van der Waals surface area contributed by atoms with Crippen LogP contribution in [0.5, 0.6) is 0 Å². The molecule has 0 atom stereocenters. The Kier molecular flexibility index (Phi) is 5.10. The molecule has 0 saturated heterocycles. The van der Waals surface area contributed by atoms with E-state index < -0.39 is 5.91 Å². The highest BCUT2D eigenvalue weighted by atomic mass is 16.5. The van der Waals surface area contributed by atoms with Gasteiger partial charge in [0.05, 0.1) is 18.5 Å². The third-order valence-corrected chi connectivity index (χ3v) is 2.57. The van der Waals surface area contributed by atoms with Crippen LogP contribution in [0.1, 0.15) is 23.2 Å². The number of carbonyl (C=O) groups is 2. The lowest BCUT2D eigenvalue weighted by atomic mass is 10.3. The van der Waals surface area contributed by atoms with Crippen LogP contribution < -0.4 is 10.6 Å². The van der Waals surface area contributed by atoms with Crippen LogP contribution in [-0.4, -0.2) is 35.2 Å². The van der Waals surface area contributed by atoms with Crippen LogP contribution in [0.2, 0.25) is 0 Å². The smallest absolute Gasteiger partial charge is 0.274 e. The van der Waals surface area contributed by atoms with Gasteiger partial charge in [0.1, 0.15) is 12.4 Å². The molecule has 21 heavy (non-hydrogen) atoms. The minimum Gasteiger partial charge on any atom is -0.467 e. The lowest BCUT2D eigenvalue weighted by Crippen LogP contribution is -2.25. The van der Waals surface area contributed by atoms with E-state index in [9.17, 15) is 9.59 Å². The Balaban J connectivity index is 1.92. The average Bonchev–Trinajstić information content (AvgIpc) is 3.14. The van der Waals surface area contributed by atoms with Crippen LogP contribution in [0.15, 0.2) is 29.0 Å². The van der Waals surface area contributed by atoms with Gasteiger partial charge >= 0.3 is 0 Å². The number of nitrogens with zero attached hydrogens (tertiary/aromatic N) is 1. The van der Waals surface area contributed by atoms with Crippen LogP contribution >= 0.6 is 0 Å². The molecular formula is C13H16N4O4. The molecule has 0 saturated carbocycles. The second-order valence-electron chi connectivity index (χ2n) is 4.09. The van der Waals surface area contributed by atoms with E-state index in [2.05, 4.69) is 20.8 Å². The molecule has 0 radical (unpaired) electrons. The minimum atomic E-state index is -0.417. The summed E-state index contributed by atoms with van der Waals surface area (Å²) in [6, 6.07) is 3.48.